The van der Waals surface area contributed by atoms with Gasteiger partial charge < -0.3 is 15.7 Å². The lowest BCUT2D eigenvalue weighted by molar-refractivity contribution is -0.159. The van der Waals surface area contributed by atoms with Gasteiger partial charge in [-0.25, -0.2) is 4.79 Å². The number of carboxylic acid groups (broad SMARTS) is 1. The van der Waals surface area contributed by atoms with Crippen LogP contribution >= 0.6 is 0 Å². The molecule has 2 rings (SSSR count). The van der Waals surface area contributed by atoms with Crippen molar-refractivity contribution in [1.82, 2.24) is 4.90 Å². The van der Waals surface area contributed by atoms with E-state index >= 15 is 0 Å². The summed E-state index contributed by atoms with van der Waals surface area (Å²) in [6.45, 7) is 2.73. The molecular weight excluding hydrogens is 220 g/mol. The second-order valence-electron chi connectivity index (χ2n) is 5.24. The summed E-state index contributed by atoms with van der Waals surface area (Å²) in [6.07, 6.45) is 3.41. The molecule has 96 valence electrons. The van der Waals surface area contributed by atoms with Gasteiger partial charge in [-0.05, 0) is 32.1 Å². The van der Waals surface area contributed by atoms with E-state index in [2.05, 4.69) is 0 Å². The van der Waals surface area contributed by atoms with Crippen molar-refractivity contribution in [2.45, 2.75) is 44.6 Å². The molecule has 3 N–H and O–H groups in total. The van der Waals surface area contributed by atoms with Crippen LogP contribution in [0.4, 0.5) is 0 Å². The van der Waals surface area contributed by atoms with Crippen molar-refractivity contribution in [1.29, 1.82) is 0 Å². The molecule has 2 aliphatic rings. The Hall–Kier alpha value is -1.10. The highest BCUT2D eigenvalue weighted by Crippen LogP contribution is 2.49. The summed E-state index contributed by atoms with van der Waals surface area (Å²) >= 11 is 0. The normalized spacial score (nSPS) is 30.4. The number of likely N-dealkylation sites (tertiary alicyclic amines) is 1. The second-order valence-corrected chi connectivity index (χ2v) is 5.24. The number of hydrogen-bond donors (Lipinski definition) is 2. The summed E-state index contributed by atoms with van der Waals surface area (Å²) in [5, 5.41) is 9.42. The van der Waals surface area contributed by atoms with Crippen LogP contribution < -0.4 is 5.73 Å². The number of carbonyl (C=O) groups excluding carboxylic acids is 1. The molecule has 0 aromatic heterocycles. The molecule has 5 nitrogen and oxygen atoms in total. The van der Waals surface area contributed by atoms with Crippen LogP contribution in [0.15, 0.2) is 0 Å². The SMILES string of the molecule is CCC1(C(=O)O)CCCN1C(=O)C1(CN)CC1. The predicted molar refractivity (Wildman–Crippen MR) is 62.3 cm³/mol. The minimum absolute atomic E-state index is 0.0400. The van der Waals surface area contributed by atoms with Crippen LogP contribution in [-0.2, 0) is 9.59 Å². The molecule has 17 heavy (non-hydrogen) atoms. The molecule has 5 heteroatoms. The van der Waals surface area contributed by atoms with Gasteiger partial charge in [-0.2, -0.15) is 0 Å². The maximum absolute atomic E-state index is 12.4. The van der Waals surface area contributed by atoms with Gasteiger partial charge in [0.05, 0.1) is 5.41 Å². The number of nitrogens with two attached hydrogens (primary N) is 1. The maximum Gasteiger partial charge on any atom is 0.329 e. The van der Waals surface area contributed by atoms with Crippen LogP contribution in [0.3, 0.4) is 0 Å². The molecule has 1 aliphatic carbocycles. The van der Waals surface area contributed by atoms with Gasteiger partial charge in [-0.1, -0.05) is 6.92 Å². The number of rotatable bonds is 4. The molecule has 0 aromatic carbocycles. The monoisotopic (exact) mass is 240 g/mol. The van der Waals surface area contributed by atoms with Crippen LogP contribution in [0.1, 0.15) is 39.0 Å². The van der Waals surface area contributed by atoms with Gasteiger partial charge in [-0.15, -0.1) is 0 Å². The van der Waals surface area contributed by atoms with E-state index in [4.69, 9.17) is 5.73 Å². The average molecular weight is 240 g/mol. The van der Waals surface area contributed by atoms with E-state index in [1.165, 1.54) is 0 Å². The van der Waals surface area contributed by atoms with Crippen molar-refractivity contribution < 1.29 is 14.7 Å². The molecule has 2 fully saturated rings. The number of amides is 1. The molecule has 1 amide bonds. The van der Waals surface area contributed by atoms with E-state index in [1.807, 2.05) is 6.92 Å². The second kappa shape index (κ2) is 3.98. The Morgan fingerprint density at radius 1 is 1.35 bits per heavy atom. The molecule has 0 aromatic rings. The third-order valence-electron chi connectivity index (χ3n) is 4.41. The first-order valence-electron chi connectivity index (χ1n) is 6.28. The minimum atomic E-state index is -0.984. The summed E-state index contributed by atoms with van der Waals surface area (Å²) in [7, 11) is 0. The quantitative estimate of drug-likeness (QED) is 0.753. The highest BCUT2D eigenvalue weighted by Gasteiger charge is 2.57. The first-order chi connectivity index (χ1) is 8.02. The molecule has 1 atom stereocenters. The molecule has 0 bridgehead atoms. The molecular formula is C12H20N2O3. The van der Waals surface area contributed by atoms with Gasteiger partial charge in [0.25, 0.3) is 0 Å². The van der Waals surface area contributed by atoms with Crippen LogP contribution in [0.5, 0.6) is 0 Å². The van der Waals surface area contributed by atoms with Crippen molar-refractivity contribution in [2.24, 2.45) is 11.1 Å². The van der Waals surface area contributed by atoms with Crippen molar-refractivity contribution >= 4 is 11.9 Å². The lowest BCUT2D eigenvalue weighted by atomic mass is 9.91. The van der Waals surface area contributed by atoms with Crippen molar-refractivity contribution in [3.05, 3.63) is 0 Å². The number of aliphatic carboxylic acids is 1. The number of carbonyl (C=O) groups is 2. The molecule has 1 aliphatic heterocycles. The zero-order valence-electron chi connectivity index (χ0n) is 10.2. The fourth-order valence-corrected chi connectivity index (χ4v) is 2.86. The zero-order valence-corrected chi connectivity index (χ0v) is 10.2. The lowest BCUT2D eigenvalue weighted by Crippen LogP contribution is -2.55. The Labute approximate surface area is 101 Å². The fraction of sp³-hybridized carbons (Fsp3) is 0.833. The minimum Gasteiger partial charge on any atom is -0.479 e. The van der Waals surface area contributed by atoms with Gasteiger partial charge in [-0.3, -0.25) is 4.79 Å². The topological polar surface area (TPSA) is 83.6 Å². The van der Waals surface area contributed by atoms with E-state index in [-0.39, 0.29) is 5.91 Å². The Kier molecular flexibility index (Phi) is 2.89. The number of nitrogens with zero attached hydrogens (tertiary/aromatic N) is 1. The summed E-state index contributed by atoms with van der Waals surface area (Å²) in [4.78, 5) is 25.5. The average Bonchev–Trinajstić information content (AvgIpc) is 3.00. The van der Waals surface area contributed by atoms with E-state index in [0.717, 1.165) is 19.3 Å². The summed E-state index contributed by atoms with van der Waals surface area (Å²) in [5.41, 5.74) is 4.22. The van der Waals surface area contributed by atoms with E-state index in [1.54, 1.807) is 4.90 Å². The molecule has 1 unspecified atom stereocenters. The summed E-state index contributed by atoms with van der Waals surface area (Å²) < 4.78 is 0. The molecule has 1 saturated heterocycles. The lowest BCUT2D eigenvalue weighted by Gasteiger charge is -2.36. The van der Waals surface area contributed by atoms with Crippen LogP contribution in [0, 0.1) is 5.41 Å². The van der Waals surface area contributed by atoms with Gasteiger partial charge >= 0.3 is 5.97 Å². The third-order valence-corrected chi connectivity index (χ3v) is 4.41. The van der Waals surface area contributed by atoms with Gasteiger partial charge in [0.1, 0.15) is 5.54 Å². The first-order valence-corrected chi connectivity index (χ1v) is 6.28. The molecule has 1 saturated carbocycles. The van der Waals surface area contributed by atoms with E-state index in [0.29, 0.717) is 25.9 Å². The van der Waals surface area contributed by atoms with Crippen LogP contribution in [0.2, 0.25) is 0 Å². The zero-order chi connectivity index (χ0) is 12.7. The highest BCUT2D eigenvalue weighted by atomic mass is 16.4. The predicted octanol–water partition coefficient (Wildman–Crippen LogP) is 0.581. The maximum atomic E-state index is 12.4. The van der Waals surface area contributed by atoms with Crippen molar-refractivity contribution in [3.8, 4) is 0 Å². The summed E-state index contributed by atoms with van der Waals surface area (Å²) in [6, 6.07) is 0. The van der Waals surface area contributed by atoms with E-state index < -0.39 is 16.9 Å². The first kappa shape index (κ1) is 12.4. The fourth-order valence-electron chi connectivity index (χ4n) is 2.86. The molecule has 0 radical (unpaired) electrons. The Bertz CT molecular complexity index is 352. The smallest absolute Gasteiger partial charge is 0.329 e. The van der Waals surface area contributed by atoms with Gasteiger partial charge in [0.15, 0.2) is 0 Å². The largest absolute Gasteiger partial charge is 0.479 e. The number of carboxylic acids is 1. The Morgan fingerprint density at radius 2 is 2.00 bits per heavy atom. The van der Waals surface area contributed by atoms with Crippen molar-refractivity contribution in [2.75, 3.05) is 13.1 Å². The van der Waals surface area contributed by atoms with Crippen LogP contribution in [-0.4, -0.2) is 40.5 Å². The van der Waals surface area contributed by atoms with Gasteiger partial charge in [0, 0.05) is 13.1 Å². The molecule has 0 spiro atoms. The third kappa shape index (κ3) is 1.64. The Morgan fingerprint density at radius 3 is 2.41 bits per heavy atom. The standard InChI is InChI=1S/C12H20N2O3/c1-2-12(10(16)17)4-3-7-14(12)9(15)11(8-13)5-6-11/h2-8,13H2,1H3,(H,16,17). The van der Waals surface area contributed by atoms with Crippen LogP contribution in [0.25, 0.3) is 0 Å². The Balaban J connectivity index is 2.25. The highest BCUT2D eigenvalue weighted by molar-refractivity contribution is 5.92. The van der Waals surface area contributed by atoms with Crippen molar-refractivity contribution in [3.63, 3.8) is 0 Å². The number of hydrogen-bond acceptors (Lipinski definition) is 3. The van der Waals surface area contributed by atoms with Gasteiger partial charge in [0.2, 0.25) is 5.91 Å². The molecule has 1 heterocycles. The summed E-state index contributed by atoms with van der Waals surface area (Å²) in [5.74, 6) is -0.916. The van der Waals surface area contributed by atoms with E-state index in [9.17, 15) is 14.7 Å².